The van der Waals surface area contributed by atoms with E-state index in [4.69, 9.17) is 0 Å². The molecular formula is C19H28N4O2. The number of nitrogens with zero attached hydrogens (tertiary/aromatic N) is 2. The molecule has 136 valence electrons. The minimum Gasteiger partial charge on any atom is -0.337 e. The van der Waals surface area contributed by atoms with Crippen molar-refractivity contribution >= 4 is 11.9 Å². The number of amides is 3. The minimum atomic E-state index is -0.0152. The summed E-state index contributed by atoms with van der Waals surface area (Å²) in [5, 5.41) is 6.49. The summed E-state index contributed by atoms with van der Waals surface area (Å²) in [6.45, 7) is 7.27. The Morgan fingerprint density at radius 3 is 2.44 bits per heavy atom. The van der Waals surface area contributed by atoms with Crippen LogP contribution in [0.2, 0.25) is 0 Å². The largest absolute Gasteiger partial charge is 0.337 e. The maximum atomic E-state index is 12.5. The fraction of sp³-hybridized carbons (Fsp3) is 0.579. The molecule has 1 atom stereocenters. The number of piperazine rings is 1. The molecule has 2 heterocycles. The van der Waals surface area contributed by atoms with E-state index in [2.05, 4.69) is 17.6 Å². The number of piperidine rings is 1. The average Bonchev–Trinajstić information content (AvgIpc) is 2.67. The molecule has 6 heteroatoms. The van der Waals surface area contributed by atoms with E-state index >= 15 is 0 Å². The van der Waals surface area contributed by atoms with Crippen molar-refractivity contribution in [3.8, 4) is 0 Å². The molecule has 0 bridgehead atoms. The highest BCUT2D eigenvalue weighted by Crippen LogP contribution is 2.24. The Hall–Kier alpha value is -2.08. The number of rotatable bonds is 3. The van der Waals surface area contributed by atoms with Gasteiger partial charge < -0.3 is 20.4 Å². The van der Waals surface area contributed by atoms with Gasteiger partial charge in [-0.25, -0.2) is 4.79 Å². The summed E-state index contributed by atoms with van der Waals surface area (Å²) in [6, 6.07) is 9.30. The lowest BCUT2D eigenvalue weighted by Gasteiger charge is -2.37. The predicted octanol–water partition coefficient (Wildman–Crippen LogP) is 1.54. The summed E-state index contributed by atoms with van der Waals surface area (Å²) in [4.78, 5) is 28.5. The molecule has 6 nitrogen and oxygen atoms in total. The lowest BCUT2D eigenvalue weighted by atomic mass is 9.83. The van der Waals surface area contributed by atoms with Crippen molar-refractivity contribution in [1.82, 2.24) is 20.4 Å². The van der Waals surface area contributed by atoms with Crippen LogP contribution in [-0.2, 0) is 0 Å². The van der Waals surface area contributed by atoms with Crippen LogP contribution < -0.4 is 10.6 Å². The van der Waals surface area contributed by atoms with Crippen LogP contribution in [0.3, 0.4) is 0 Å². The Morgan fingerprint density at radius 2 is 1.80 bits per heavy atom. The second-order valence-electron chi connectivity index (χ2n) is 7.39. The summed E-state index contributed by atoms with van der Waals surface area (Å²) in [5.41, 5.74) is 0.845. The van der Waals surface area contributed by atoms with Crippen molar-refractivity contribution in [3.05, 3.63) is 35.9 Å². The zero-order valence-corrected chi connectivity index (χ0v) is 15.0. The first-order chi connectivity index (χ1) is 12.1. The Labute approximate surface area is 149 Å². The van der Waals surface area contributed by atoms with Gasteiger partial charge in [-0.1, -0.05) is 25.1 Å². The fourth-order valence-electron chi connectivity index (χ4n) is 3.55. The highest BCUT2D eigenvalue weighted by molar-refractivity contribution is 5.94. The summed E-state index contributed by atoms with van der Waals surface area (Å²) in [7, 11) is 0. The maximum Gasteiger partial charge on any atom is 0.317 e. The van der Waals surface area contributed by atoms with Crippen molar-refractivity contribution < 1.29 is 9.59 Å². The van der Waals surface area contributed by atoms with Gasteiger partial charge in [-0.3, -0.25) is 4.79 Å². The fourth-order valence-corrected chi connectivity index (χ4v) is 3.55. The van der Waals surface area contributed by atoms with Gasteiger partial charge in [0.15, 0.2) is 0 Å². The number of carbonyl (C=O) groups excluding carboxylic acids is 2. The standard InChI is InChI=1S/C19H28N4O2/c1-19(8-5-9-20-14-19)15-21-18(25)23-12-10-22(11-13-23)17(24)16-6-3-2-4-7-16/h2-4,6-7,20H,5,8-15H2,1H3,(H,21,25). The third-order valence-corrected chi connectivity index (χ3v) is 5.23. The minimum absolute atomic E-state index is 0.0152. The molecule has 2 aliphatic rings. The highest BCUT2D eigenvalue weighted by atomic mass is 16.2. The van der Waals surface area contributed by atoms with Crippen LogP contribution in [0.15, 0.2) is 30.3 Å². The molecule has 25 heavy (non-hydrogen) atoms. The van der Waals surface area contributed by atoms with E-state index in [9.17, 15) is 9.59 Å². The molecule has 1 unspecified atom stereocenters. The van der Waals surface area contributed by atoms with Crippen LogP contribution in [0.5, 0.6) is 0 Å². The first kappa shape index (κ1) is 17.7. The Bertz CT molecular complexity index is 591. The van der Waals surface area contributed by atoms with E-state index in [1.807, 2.05) is 40.1 Å². The summed E-state index contributed by atoms with van der Waals surface area (Å²) < 4.78 is 0. The lowest BCUT2D eigenvalue weighted by molar-refractivity contribution is 0.0663. The van der Waals surface area contributed by atoms with Crippen molar-refractivity contribution in [2.45, 2.75) is 19.8 Å². The number of carbonyl (C=O) groups is 2. The number of nitrogens with one attached hydrogen (secondary N) is 2. The molecule has 0 aliphatic carbocycles. The second-order valence-corrected chi connectivity index (χ2v) is 7.39. The highest BCUT2D eigenvalue weighted by Gasteiger charge is 2.29. The van der Waals surface area contributed by atoms with Gasteiger partial charge in [-0.05, 0) is 36.9 Å². The summed E-state index contributed by atoms with van der Waals surface area (Å²) >= 11 is 0. The van der Waals surface area contributed by atoms with Crippen molar-refractivity contribution in [3.63, 3.8) is 0 Å². The second kappa shape index (κ2) is 7.87. The van der Waals surface area contributed by atoms with Crippen LogP contribution in [0, 0.1) is 5.41 Å². The first-order valence-electron chi connectivity index (χ1n) is 9.15. The van der Waals surface area contributed by atoms with Gasteiger partial charge in [0.1, 0.15) is 0 Å². The quantitative estimate of drug-likeness (QED) is 0.874. The number of hydrogen-bond acceptors (Lipinski definition) is 3. The van der Waals surface area contributed by atoms with Gasteiger partial charge >= 0.3 is 6.03 Å². The van der Waals surface area contributed by atoms with Crippen molar-refractivity contribution in [2.75, 3.05) is 45.8 Å². The van der Waals surface area contributed by atoms with Crippen LogP contribution in [-0.4, -0.2) is 67.6 Å². The average molecular weight is 344 g/mol. The van der Waals surface area contributed by atoms with E-state index in [-0.39, 0.29) is 17.4 Å². The molecule has 0 saturated carbocycles. The topological polar surface area (TPSA) is 64.7 Å². The van der Waals surface area contributed by atoms with Gasteiger partial charge in [0, 0.05) is 44.8 Å². The van der Waals surface area contributed by atoms with Crippen LogP contribution in [0.4, 0.5) is 4.79 Å². The normalized spacial score (nSPS) is 24.0. The molecular weight excluding hydrogens is 316 g/mol. The van der Waals surface area contributed by atoms with Gasteiger partial charge in [-0.2, -0.15) is 0 Å². The molecule has 0 radical (unpaired) electrons. The molecule has 2 aliphatic heterocycles. The first-order valence-corrected chi connectivity index (χ1v) is 9.15. The van der Waals surface area contributed by atoms with Crippen molar-refractivity contribution in [2.24, 2.45) is 5.41 Å². The number of benzene rings is 1. The van der Waals surface area contributed by atoms with E-state index in [0.29, 0.717) is 38.3 Å². The lowest BCUT2D eigenvalue weighted by Crippen LogP contribution is -2.55. The van der Waals surface area contributed by atoms with E-state index in [0.717, 1.165) is 25.9 Å². The van der Waals surface area contributed by atoms with Crippen molar-refractivity contribution in [1.29, 1.82) is 0 Å². The molecule has 2 fully saturated rings. The monoisotopic (exact) mass is 344 g/mol. The molecule has 0 spiro atoms. The van der Waals surface area contributed by atoms with E-state index in [1.165, 1.54) is 0 Å². The Balaban J connectivity index is 1.45. The van der Waals surface area contributed by atoms with Crippen LogP contribution in [0.25, 0.3) is 0 Å². The van der Waals surface area contributed by atoms with Crippen LogP contribution in [0.1, 0.15) is 30.1 Å². The third kappa shape index (κ3) is 4.51. The molecule has 3 amide bonds. The van der Waals surface area contributed by atoms with Gasteiger partial charge in [0.25, 0.3) is 5.91 Å². The van der Waals surface area contributed by atoms with Gasteiger partial charge in [0.05, 0.1) is 0 Å². The predicted molar refractivity (Wildman–Crippen MR) is 97.5 cm³/mol. The van der Waals surface area contributed by atoms with Gasteiger partial charge in [0.2, 0.25) is 0 Å². The Kier molecular flexibility index (Phi) is 5.58. The smallest absolute Gasteiger partial charge is 0.317 e. The third-order valence-electron chi connectivity index (χ3n) is 5.23. The maximum absolute atomic E-state index is 12.5. The zero-order valence-electron chi connectivity index (χ0n) is 15.0. The van der Waals surface area contributed by atoms with E-state index < -0.39 is 0 Å². The number of hydrogen-bond donors (Lipinski definition) is 2. The SMILES string of the molecule is CC1(CNC(=O)N2CCN(C(=O)c3ccccc3)CC2)CCCNC1. The molecule has 1 aromatic rings. The number of urea groups is 1. The molecule has 1 aromatic carbocycles. The summed E-state index contributed by atoms with van der Waals surface area (Å²) in [5.74, 6) is 0.0430. The molecule has 2 N–H and O–H groups in total. The molecule has 0 aromatic heterocycles. The van der Waals surface area contributed by atoms with Crippen LogP contribution >= 0.6 is 0 Å². The van der Waals surface area contributed by atoms with E-state index in [1.54, 1.807) is 0 Å². The van der Waals surface area contributed by atoms with Gasteiger partial charge in [-0.15, -0.1) is 0 Å². The summed E-state index contributed by atoms with van der Waals surface area (Å²) in [6.07, 6.45) is 2.30. The molecule has 2 saturated heterocycles. The molecule has 3 rings (SSSR count). The Morgan fingerprint density at radius 1 is 1.12 bits per heavy atom. The zero-order chi connectivity index (χ0) is 17.7.